The third kappa shape index (κ3) is 5.94. The molecule has 0 heterocycles. The van der Waals surface area contributed by atoms with E-state index >= 15 is 0 Å². The molecule has 4 aromatic carbocycles. The lowest BCUT2D eigenvalue weighted by Gasteiger charge is -2.13. The Bertz CT molecular complexity index is 1290. The zero-order chi connectivity index (χ0) is 25.3. The molecule has 0 amide bonds. The molecule has 178 valence electrons. The van der Waals surface area contributed by atoms with Crippen molar-refractivity contribution in [3.05, 3.63) is 141 Å². The van der Waals surface area contributed by atoms with Crippen molar-refractivity contribution < 1.29 is 9.85 Å². The molecule has 10 nitrogen and oxygen atoms in total. The fourth-order valence-corrected chi connectivity index (χ4v) is 3.26. The summed E-state index contributed by atoms with van der Waals surface area (Å²) in [5, 5.41) is 31.1. The topological polar surface area (TPSA) is 135 Å². The Morgan fingerprint density at radius 1 is 0.528 bits per heavy atom. The number of hydrazone groups is 2. The molecule has 0 aliphatic carbocycles. The van der Waals surface area contributed by atoms with E-state index in [9.17, 15) is 20.2 Å². The summed E-state index contributed by atoms with van der Waals surface area (Å²) >= 11 is 0. The summed E-state index contributed by atoms with van der Waals surface area (Å²) in [6.07, 6.45) is 0. The van der Waals surface area contributed by atoms with Gasteiger partial charge in [-0.05, 0) is 24.3 Å². The van der Waals surface area contributed by atoms with Crippen LogP contribution in [0.15, 0.2) is 119 Å². The van der Waals surface area contributed by atoms with E-state index in [0.29, 0.717) is 22.8 Å². The van der Waals surface area contributed by atoms with Gasteiger partial charge in [0.15, 0.2) is 0 Å². The van der Waals surface area contributed by atoms with Gasteiger partial charge in [-0.25, -0.2) is 0 Å². The second kappa shape index (κ2) is 11.2. The van der Waals surface area contributed by atoms with Gasteiger partial charge in [-0.15, -0.1) is 0 Å². The standard InChI is InChI=1S/C26H20N6O4/c33-31(34)23-15-11-21(12-16-23)27-29-25(19-7-3-1-4-8-19)26(20-9-5-2-6-10-20)30-28-22-13-17-24(18-14-22)32(35)36/h1-18,27-28H/b29-25-,30-26-. The number of nitro benzene ring substituents is 2. The molecule has 10 heteroatoms. The van der Waals surface area contributed by atoms with Crippen LogP contribution in [0.1, 0.15) is 11.1 Å². The first-order chi connectivity index (χ1) is 17.5. The van der Waals surface area contributed by atoms with Gasteiger partial charge >= 0.3 is 0 Å². The highest BCUT2D eigenvalue weighted by atomic mass is 16.6. The van der Waals surface area contributed by atoms with Crippen LogP contribution in [0, 0.1) is 20.2 Å². The van der Waals surface area contributed by atoms with Crippen LogP contribution in [0.4, 0.5) is 22.7 Å². The maximum absolute atomic E-state index is 11.0. The van der Waals surface area contributed by atoms with Crippen LogP contribution >= 0.6 is 0 Å². The summed E-state index contributed by atoms with van der Waals surface area (Å²) < 4.78 is 0. The van der Waals surface area contributed by atoms with Gasteiger partial charge in [0.25, 0.3) is 11.4 Å². The maximum atomic E-state index is 11.0. The summed E-state index contributed by atoms with van der Waals surface area (Å²) in [7, 11) is 0. The minimum atomic E-state index is -0.466. The van der Waals surface area contributed by atoms with Crippen LogP contribution in [0.25, 0.3) is 0 Å². The summed E-state index contributed by atoms with van der Waals surface area (Å²) in [6.45, 7) is 0. The van der Waals surface area contributed by atoms with Gasteiger partial charge in [-0.3, -0.25) is 31.1 Å². The third-order valence-electron chi connectivity index (χ3n) is 5.07. The van der Waals surface area contributed by atoms with E-state index in [1.807, 2.05) is 60.7 Å². The van der Waals surface area contributed by atoms with Gasteiger partial charge in [0.1, 0.15) is 11.4 Å². The van der Waals surface area contributed by atoms with E-state index in [2.05, 4.69) is 21.1 Å². The predicted octanol–water partition coefficient (Wildman–Crippen LogP) is 5.84. The smallest absolute Gasteiger partial charge is 0.269 e. The number of hydrogen-bond acceptors (Lipinski definition) is 8. The van der Waals surface area contributed by atoms with Gasteiger partial charge in [0.2, 0.25) is 0 Å². The second-order valence-corrected chi connectivity index (χ2v) is 7.48. The maximum Gasteiger partial charge on any atom is 0.269 e. The molecule has 0 saturated heterocycles. The van der Waals surface area contributed by atoms with Crippen molar-refractivity contribution >= 4 is 34.2 Å². The normalized spacial score (nSPS) is 11.6. The molecular weight excluding hydrogens is 460 g/mol. The van der Waals surface area contributed by atoms with E-state index in [4.69, 9.17) is 0 Å². The molecular formula is C26H20N6O4. The van der Waals surface area contributed by atoms with Gasteiger partial charge < -0.3 is 0 Å². The van der Waals surface area contributed by atoms with Crippen molar-refractivity contribution in [2.24, 2.45) is 10.2 Å². The largest absolute Gasteiger partial charge is 0.278 e. The average molecular weight is 480 g/mol. The van der Waals surface area contributed by atoms with Crippen LogP contribution in [0.5, 0.6) is 0 Å². The van der Waals surface area contributed by atoms with Crippen LogP contribution in [0.3, 0.4) is 0 Å². The molecule has 0 unspecified atom stereocenters. The number of rotatable bonds is 9. The quantitative estimate of drug-likeness (QED) is 0.176. The number of hydrogen-bond donors (Lipinski definition) is 2. The van der Waals surface area contributed by atoms with Gasteiger partial charge in [0, 0.05) is 35.4 Å². The van der Waals surface area contributed by atoms with Gasteiger partial charge in [0.05, 0.1) is 21.2 Å². The van der Waals surface area contributed by atoms with E-state index in [0.717, 1.165) is 11.1 Å². The lowest BCUT2D eigenvalue weighted by atomic mass is 10.00. The third-order valence-corrected chi connectivity index (χ3v) is 5.07. The van der Waals surface area contributed by atoms with Crippen LogP contribution < -0.4 is 10.9 Å². The molecule has 0 aliphatic rings. The molecule has 0 bridgehead atoms. The molecule has 0 saturated carbocycles. The predicted molar refractivity (Wildman–Crippen MR) is 139 cm³/mol. The van der Waals surface area contributed by atoms with Gasteiger partial charge in [-0.2, -0.15) is 10.2 Å². The monoisotopic (exact) mass is 480 g/mol. The Labute approximate surface area is 205 Å². The number of nitrogens with one attached hydrogen (secondary N) is 2. The molecule has 0 radical (unpaired) electrons. The van der Waals surface area contributed by atoms with E-state index in [-0.39, 0.29) is 11.4 Å². The fourth-order valence-electron chi connectivity index (χ4n) is 3.26. The van der Waals surface area contributed by atoms with Crippen molar-refractivity contribution in [2.45, 2.75) is 0 Å². The molecule has 0 fully saturated rings. The highest BCUT2D eigenvalue weighted by Gasteiger charge is 2.16. The molecule has 36 heavy (non-hydrogen) atoms. The molecule has 0 aromatic heterocycles. The summed E-state index contributed by atoms with van der Waals surface area (Å²) in [4.78, 5) is 21.0. The number of nitro groups is 2. The molecule has 4 rings (SSSR count). The first-order valence-electron chi connectivity index (χ1n) is 10.8. The first-order valence-corrected chi connectivity index (χ1v) is 10.8. The molecule has 0 spiro atoms. The van der Waals surface area contributed by atoms with E-state index in [1.165, 1.54) is 24.3 Å². The number of benzene rings is 4. The summed E-state index contributed by atoms with van der Waals surface area (Å²) in [5.74, 6) is 0. The minimum Gasteiger partial charge on any atom is -0.278 e. The van der Waals surface area contributed by atoms with Crippen molar-refractivity contribution in [1.29, 1.82) is 0 Å². The summed E-state index contributed by atoms with van der Waals surface area (Å²) in [6, 6.07) is 30.7. The lowest BCUT2D eigenvalue weighted by molar-refractivity contribution is -0.385. The Kier molecular flexibility index (Phi) is 7.37. The van der Waals surface area contributed by atoms with E-state index < -0.39 is 9.85 Å². The van der Waals surface area contributed by atoms with E-state index in [1.54, 1.807) is 24.3 Å². The average Bonchev–Trinajstić information content (AvgIpc) is 2.92. The molecule has 4 aromatic rings. The highest BCUT2D eigenvalue weighted by molar-refractivity contribution is 6.53. The van der Waals surface area contributed by atoms with Crippen molar-refractivity contribution in [2.75, 3.05) is 10.9 Å². The fraction of sp³-hybridized carbons (Fsp3) is 0. The zero-order valence-electron chi connectivity index (χ0n) is 18.8. The highest BCUT2D eigenvalue weighted by Crippen LogP contribution is 2.18. The Hall–Kier alpha value is -5.38. The SMILES string of the molecule is O=[N+]([O-])c1ccc(N/N=C(\C(=N/Nc2ccc([N+](=O)[O-])cc2)c2ccccc2)c2ccccc2)cc1. The van der Waals surface area contributed by atoms with Gasteiger partial charge in [-0.1, -0.05) is 60.7 Å². The number of nitrogens with zero attached hydrogens (tertiary/aromatic N) is 4. The first kappa shape index (κ1) is 23.8. The van der Waals surface area contributed by atoms with Crippen molar-refractivity contribution in [3.8, 4) is 0 Å². The van der Waals surface area contributed by atoms with Crippen molar-refractivity contribution in [1.82, 2.24) is 0 Å². The van der Waals surface area contributed by atoms with Crippen LogP contribution in [-0.4, -0.2) is 21.3 Å². The van der Waals surface area contributed by atoms with Crippen LogP contribution in [0.2, 0.25) is 0 Å². The Balaban J connectivity index is 1.73. The minimum absolute atomic E-state index is 0.0216. The number of anilines is 2. The lowest BCUT2D eigenvalue weighted by Crippen LogP contribution is -2.20. The zero-order valence-corrected chi connectivity index (χ0v) is 18.8. The molecule has 0 atom stereocenters. The van der Waals surface area contributed by atoms with Crippen molar-refractivity contribution in [3.63, 3.8) is 0 Å². The molecule has 2 N–H and O–H groups in total. The number of non-ortho nitro benzene ring substituents is 2. The second-order valence-electron chi connectivity index (χ2n) is 7.48. The Morgan fingerprint density at radius 3 is 1.17 bits per heavy atom. The summed E-state index contributed by atoms with van der Waals surface area (Å²) in [5.41, 5.74) is 9.57. The Morgan fingerprint density at radius 2 is 0.861 bits per heavy atom. The molecule has 0 aliphatic heterocycles. The van der Waals surface area contributed by atoms with Crippen LogP contribution in [-0.2, 0) is 0 Å².